The zero-order chi connectivity index (χ0) is 20.6. The lowest BCUT2D eigenvalue weighted by atomic mass is 10.1. The van der Waals surface area contributed by atoms with Gasteiger partial charge in [-0.15, -0.1) is 11.3 Å². The van der Waals surface area contributed by atoms with Crippen molar-refractivity contribution in [2.45, 2.75) is 20.3 Å². The van der Waals surface area contributed by atoms with E-state index >= 15 is 0 Å². The highest BCUT2D eigenvalue weighted by molar-refractivity contribution is 7.13. The molecule has 0 aliphatic heterocycles. The van der Waals surface area contributed by atoms with E-state index in [4.69, 9.17) is 9.47 Å². The van der Waals surface area contributed by atoms with Gasteiger partial charge >= 0.3 is 0 Å². The molecule has 0 saturated heterocycles. The van der Waals surface area contributed by atoms with Gasteiger partial charge in [0.2, 0.25) is 0 Å². The van der Waals surface area contributed by atoms with Crippen LogP contribution in [0.15, 0.2) is 53.9 Å². The molecule has 0 radical (unpaired) electrons. The second-order valence-electron chi connectivity index (χ2n) is 7.12. The number of amides is 1. The van der Waals surface area contributed by atoms with Crippen LogP contribution >= 0.6 is 11.3 Å². The Morgan fingerprint density at radius 3 is 2.41 bits per heavy atom. The standard InChI is InChI=1S/C23H26N2O3S/c1-16(2)14-28-20-10-6-18(7-11-20)23-25-21(15-29-23)22(26)24-13-12-17-4-8-19(27-3)9-5-17/h4-11,15-16H,12-14H2,1-3H3,(H,24,26). The predicted octanol–water partition coefficient (Wildman–Crippen LogP) is 4.83. The Morgan fingerprint density at radius 2 is 1.76 bits per heavy atom. The largest absolute Gasteiger partial charge is 0.497 e. The highest BCUT2D eigenvalue weighted by Crippen LogP contribution is 2.26. The molecule has 5 nitrogen and oxygen atoms in total. The molecule has 0 aliphatic rings. The number of benzene rings is 2. The number of nitrogens with one attached hydrogen (secondary N) is 1. The average molecular weight is 411 g/mol. The van der Waals surface area contributed by atoms with Crippen molar-refractivity contribution in [3.05, 3.63) is 65.2 Å². The first-order valence-electron chi connectivity index (χ1n) is 9.65. The van der Waals surface area contributed by atoms with Crippen molar-refractivity contribution < 1.29 is 14.3 Å². The molecule has 1 amide bonds. The second-order valence-corrected chi connectivity index (χ2v) is 7.98. The topological polar surface area (TPSA) is 60.5 Å². The van der Waals surface area contributed by atoms with E-state index < -0.39 is 0 Å². The van der Waals surface area contributed by atoms with Crippen LogP contribution in [0.5, 0.6) is 11.5 Å². The fourth-order valence-corrected chi connectivity index (χ4v) is 3.48. The van der Waals surface area contributed by atoms with Crippen LogP contribution in [0.4, 0.5) is 0 Å². The lowest BCUT2D eigenvalue weighted by Gasteiger charge is -2.08. The number of aromatic nitrogens is 1. The first kappa shape index (κ1) is 20.9. The Kier molecular flexibility index (Phi) is 7.25. The van der Waals surface area contributed by atoms with Crippen LogP contribution in [-0.4, -0.2) is 31.2 Å². The van der Waals surface area contributed by atoms with Gasteiger partial charge in [0.1, 0.15) is 22.2 Å². The normalized spacial score (nSPS) is 10.8. The lowest BCUT2D eigenvalue weighted by Crippen LogP contribution is -2.25. The summed E-state index contributed by atoms with van der Waals surface area (Å²) in [6, 6.07) is 15.7. The van der Waals surface area contributed by atoms with Gasteiger partial charge in [0.05, 0.1) is 13.7 Å². The Hall–Kier alpha value is -2.86. The number of hydrogen-bond donors (Lipinski definition) is 1. The summed E-state index contributed by atoms with van der Waals surface area (Å²) in [5, 5.41) is 5.54. The predicted molar refractivity (Wildman–Crippen MR) is 117 cm³/mol. The van der Waals surface area contributed by atoms with Crippen molar-refractivity contribution >= 4 is 17.2 Å². The summed E-state index contributed by atoms with van der Waals surface area (Å²) in [6.07, 6.45) is 0.755. The van der Waals surface area contributed by atoms with Crippen molar-refractivity contribution in [3.8, 4) is 22.1 Å². The third kappa shape index (κ3) is 6.06. The molecule has 0 fully saturated rings. The van der Waals surface area contributed by atoms with E-state index in [0.29, 0.717) is 24.8 Å². The fraction of sp³-hybridized carbons (Fsp3) is 0.304. The van der Waals surface area contributed by atoms with Gasteiger partial charge in [-0.3, -0.25) is 4.79 Å². The van der Waals surface area contributed by atoms with Crippen molar-refractivity contribution in [1.82, 2.24) is 10.3 Å². The van der Waals surface area contributed by atoms with Gasteiger partial charge in [-0.2, -0.15) is 0 Å². The molecule has 0 bridgehead atoms. The number of methoxy groups -OCH3 is 1. The summed E-state index contributed by atoms with van der Waals surface area (Å²) in [6.45, 7) is 5.48. The summed E-state index contributed by atoms with van der Waals surface area (Å²) >= 11 is 1.46. The zero-order valence-corrected chi connectivity index (χ0v) is 17.8. The number of carbonyl (C=O) groups excluding carboxylic acids is 1. The van der Waals surface area contributed by atoms with Crippen LogP contribution < -0.4 is 14.8 Å². The van der Waals surface area contributed by atoms with E-state index in [-0.39, 0.29) is 5.91 Å². The van der Waals surface area contributed by atoms with Gasteiger partial charge in [-0.25, -0.2) is 4.98 Å². The number of nitrogens with zero attached hydrogens (tertiary/aromatic N) is 1. The van der Waals surface area contributed by atoms with Crippen LogP contribution in [-0.2, 0) is 6.42 Å². The highest BCUT2D eigenvalue weighted by Gasteiger charge is 2.12. The fourth-order valence-electron chi connectivity index (χ4n) is 2.67. The summed E-state index contributed by atoms with van der Waals surface area (Å²) in [5.74, 6) is 2.00. The van der Waals surface area contributed by atoms with Crippen molar-refractivity contribution in [2.75, 3.05) is 20.3 Å². The molecular weight excluding hydrogens is 384 g/mol. The summed E-state index contributed by atoms with van der Waals surface area (Å²) in [7, 11) is 1.65. The number of carbonyl (C=O) groups is 1. The lowest BCUT2D eigenvalue weighted by molar-refractivity contribution is 0.0950. The molecule has 1 aromatic heterocycles. The quantitative estimate of drug-likeness (QED) is 0.549. The maximum absolute atomic E-state index is 12.4. The van der Waals surface area contributed by atoms with Gasteiger partial charge < -0.3 is 14.8 Å². The highest BCUT2D eigenvalue weighted by atomic mass is 32.1. The molecule has 0 aliphatic carbocycles. The van der Waals surface area contributed by atoms with Crippen LogP contribution in [0.1, 0.15) is 29.9 Å². The summed E-state index contributed by atoms with van der Waals surface area (Å²) in [4.78, 5) is 16.9. The zero-order valence-electron chi connectivity index (χ0n) is 17.0. The average Bonchev–Trinajstić information content (AvgIpc) is 3.23. The molecule has 0 atom stereocenters. The van der Waals surface area contributed by atoms with Gasteiger partial charge in [0, 0.05) is 17.5 Å². The van der Waals surface area contributed by atoms with E-state index in [0.717, 1.165) is 34.1 Å². The molecule has 6 heteroatoms. The van der Waals surface area contributed by atoms with E-state index in [2.05, 4.69) is 24.1 Å². The van der Waals surface area contributed by atoms with E-state index in [1.807, 2.05) is 48.5 Å². The maximum atomic E-state index is 12.4. The Bertz CT molecular complexity index is 918. The van der Waals surface area contributed by atoms with Crippen LogP contribution in [0.2, 0.25) is 0 Å². The van der Waals surface area contributed by atoms with Crippen molar-refractivity contribution in [1.29, 1.82) is 0 Å². The van der Waals surface area contributed by atoms with Crippen LogP contribution in [0, 0.1) is 5.92 Å². The Balaban J connectivity index is 1.52. The van der Waals surface area contributed by atoms with Gasteiger partial charge in [-0.1, -0.05) is 26.0 Å². The summed E-state index contributed by atoms with van der Waals surface area (Å²) in [5.41, 5.74) is 2.56. The molecule has 2 aromatic carbocycles. The van der Waals surface area contributed by atoms with E-state index in [1.54, 1.807) is 12.5 Å². The maximum Gasteiger partial charge on any atom is 0.270 e. The van der Waals surface area contributed by atoms with Crippen molar-refractivity contribution in [2.24, 2.45) is 5.92 Å². The molecule has 3 rings (SSSR count). The monoisotopic (exact) mass is 410 g/mol. The molecule has 29 heavy (non-hydrogen) atoms. The second kappa shape index (κ2) is 10.1. The molecule has 152 valence electrons. The molecular formula is C23H26N2O3S. The van der Waals surface area contributed by atoms with E-state index in [9.17, 15) is 4.79 Å². The smallest absolute Gasteiger partial charge is 0.270 e. The minimum Gasteiger partial charge on any atom is -0.497 e. The van der Waals surface area contributed by atoms with Gasteiger partial charge in [0.15, 0.2) is 0 Å². The SMILES string of the molecule is COc1ccc(CCNC(=O)c2csc(-c3ccc(OCC(C)C)cc3)n2)cc1. The molecule has 0 saturated carbocycles. The van der Waals surface area contributed by atoms with Crippen LogP contribution in [0.3, 0.4) is 0 Å². The third-order valence-corrected chi connectivity index (χ3v) is 5.17. The van der Waals surface area contributed by atoms with Gasteiger partial charge in [0.25, 0.3) is 5.91 Å². The van der Waals surface area contributed by atoms with Crippen molar-refractivity contribution in [3.63, 3.8) is 0 Å². The minimum atomic E-state index is -0.155. The molecule has 0 unspecified atom stereocenters. The summed E-state index contributed by atoms with van der Waals surface area (Å²) < 4.78 is 10.9. The molecule has 1 N–H and O–H groups in total. The van der Waals surface area contributed by atoms with Gasteiger partial charge in [-0.05, 0) is 54.3 Å². The number of thiazole rings is 1. The molecule has 3 aromatic rings. The number of hydrogen-bond acceptors (Lipinski definition) is 5. The Morgan fingerprint density at radius 1 is 1.07 bits per heavy atom. The molecule has 0 spiro atoms. The Labute approximate surface area is 175 Å². The van der Waals surface area contributed by atoms with E-state index in [1.165, 1.54) is 11.3 Å². The van der Waals surface area contributed by atoms with Crippen LogP contribution in [0.25, 0.3) is 10.6 Å². The molecule has 1 heterocycles. The number of rotatable bonds is 9. The first-order chi connectivity index (χ1) is 14.0. The first-order valence-corrected chi connectivity index (χ1v) is 10.5. The third-order valence-electron chi connectivity index (χ3n) is 4.28. The minimum absolute atomic E-state index is 0.155. The number of ether oxygens (including phenoxy) is 2.